The Morgan fingerprint density at radius 1 is 1.43 bits per heavy atom. The summed E-state index contributed by atoms with van der Waals surface area (Å²) in [4.78, 5) is 4.27. The maximum atomic E-state index is 5.92. The van der Waals surface area contributed by atoms with Crippen molar-refractivity contribution in [1.29, 1.82) is 0 Å². The van der Waals surface area contributed by atoms with Gasteiger partial charge < -0.3 is 15.4 Å². The quantitative estimate of drug-likeness (QED) is 0.288. The first kappa shape index (κ1) is 20.7. The molecule has 0 spiro atoms. The van der Waals surface area contributed by atoms with Crippen molar-refractivity contribution >= 4 is 53.3 Å². The lowest BCUT2D eigenvalue weighted by molar-refractivity contribution is 0.321. The van der Waals surface area contributed by atoms with E-state index in [4.69, 9.17) is 16.3 Å². The standard InChI is InChI=1S/C16H24ClN3OS.HI/c1-18-16(20-13-6-7-15(11-13)22-2)19-8-9-21-14-5-3-4-12(17)10-14;/h3-5,10,13,15H,6-9,11H2,1-2H3,(H2,18,19,20);1H. The van der Waals surface area contributed by atoms with Crippen molar-refractivity contribution in [3.8, 4) is 5.75 Å². The van der Waals surface area contributed by atoms with Gasteiger partial charge in [0.2, 0.25) is 0 Å². The Balaban J connectivity index is 0.00000264. The van der Waals surface area contributed by atoms with Crippen molar-refractivity contribution in [3.05, 3.63) is 29.3 Å². The fraction of sp³-hybridized carbons (Fsp3) is 0.562. The lowest BCUT2D eigenvalue weighted by Gasteiger charge is -2.17. The van der Waals surface area contributed by atoms with Crippen LogP contribution in [-0.2, 0) is 0 Å². The molecule has 0 saturated heterocycles. The Hall–Kier alpha value is -0.340. The van der Waals surface area contributed by atoms with Crippen molar-refractivity contribution in [2.75, 3.05) is 26.5 Å². The van der Waals surface area contributed by atoms with Crippen LogP contribution in [0.4, 0.5) is 0 Å². The summed E-state index contributed by atoms with van der Waals surface area (Å²) in [5.41, 5.74) is 0. The number of thioether (sulfide) groups is 1. The third-order valence-corrected chi connectivity index (χ3v) is 5.07. The lowest BCUT2D eigenvalue weighted by Crippen LogP contribution is -2.43. The predicted molar refractivity (Wildman–Crippen MR) is 112 cm³/mol. The second-order valence-electron chi connectivity index (χ2n) is 5.32. The zero-order valence-corrected chi connectivity index (χ0v) is 17.5. The summed E-state index contributed by atoms with van der Waals surface area (Å²) < 4.78 is 5.65. The second kappa shape index (κ2) is 11.3. The molecule has 1 fully saturated rings. The Kier molecular flexibility index (Phi) is 10.1. The summed E-state index contributed by atoms with van der Waals surface area (Å²) in [6, 6.07) is 7.96. The summed E-state index contributed by atoms with van der Waals surface area (Å²) >= 11 is 7.88. The van der Waals surface area contributed by atoms with Gasteiger partial charge in [-0.2, -0.15) is 11.8 Å². The Bertz CT molecular complexity index is 504. The smallest absolute Gasteiger partial charge is 0.191 e. The van der Waals surface area contributed by atoms with E-state index in [1.807, 2.05) is 36.0 Å². The molecule has 130 valence electrons. The van der Waals surface area contributed by atoms with Gasteiger partial charge in [0.05, 0.1) is 6.54 Å². The molecule has 2 rings (SSSR count). The number of aliphatic imine (C=N–C) groups is 1. The molecule has 0 heterocycles. The van der Waals surface area contributed by atoms with E-state index in [0.29, 0.717) is 24.2 Å². The van der Waals surface area contributed by atoms with Crippen molar-refractivity contribution in [3.63, 3.8) is 0 Å². The van der Waals surface area contributed by atoms with E-state index in [9.17, 15) is 0 Å². The van der Waals surface area contributed by atoms with Crippen LogP contribution in [0.3, 0.4) is 0 Å². The minimum Gasteiger partial charge on any atom is -0.492 e. The highest BCUT2D eigenvalue weighted by Gasteiger charge is 2.24. The lowest BCUT2D eigenvalue weighted by atomic mass is 10.2. The van der Waals surface area contributed by atoms with Gasteiger partial charge in [-0.05, 0) is 43.7 Å². The van der Waals surface area contributed by atoms with E-state index in [2.05, 4.69) is 21.9 Å². The van der Waals surface area contributed by atoms with Crippen LogP contribution >= 0.6 is 47.3 Å². The molecule has 0 aromatic heterocycles. The molecule has 2 unspecified atom stereocenters. The number of hydrogen-bond donors (Lipinski definition) is 2. The molecule has 0 aliphatic heterocycles. The first-order valence-corrected chi connectivity index (χ1v) is 9.26. The maximum absolute atomic E-state index is 5.92. The average Bonchev–Trinajstić information content (AvgIpc) is 2.98. The van der Waals surface area contributed by atoms with Crippen molar-refractivity contribution in [2.24, 2.45) is 4.99 Å². The van der Waals surface area contributed by atoms with Gasteiger partial charge in [-0.15, -0.1) is 24.0 Å². The van der Waals surface area contributed by atoms with Gasteiger partial charge in [0.15, 0.2) is 5.96 Å². The highest BCUT2D eigenvalue weighted by Crippen LogP contribution is 2.27. The molecule has 1 aromatic rings. The molecule has 1 aromatic carbocycles. The molecule has 4 nitrogen and oxygen atoms in total. The van der Waals surface area contributed by atoms with Crippen molar-refractivity contribution < 1.29 is 4.74 Å². The van der Waals surface area contributed by atoms with E-state index in [1.54, 1.807) is 7.05 Å². The fourth-order valence-electron chi connectivity index (χ4n) is 2.57. The largest absolute Gasteiger partial charge is 0.492 e. The molecular weight excluding hydrogens is 445 g/mol. The van der Waals surface area contributed by atoms with Gasteiger partial charge in [0.1, 0.15) is 12.4 Å². The molecule has 7 heteroatoms. The van der Waals surface area contributed by atoms with Gasteiger partial charge >= 0.3 is 0 Å². The van der Waals surface area contributed by atoms with Gasteiger partial charge in [0, 0.05) is 23.4 Å². The Labute approximate surface area is 165 Å². The molecular formula is C16H25ClIN3OS. The van der Waals surface area contributed by atoms with Crippen LogP contribution in [0.25, 0.3) is 0 Å². The molecule has 23 heavy (non-hydrogen) atoms. The number of nitrogens with zero attached hydrogens (tertiary/aromatic N) is 1. The predicted octanol–water partition coefficient (Wildman–Crippen LogP) is 3.79. The van der Waals surface area contributed by atoms with Crippen LogP contribution in [0.1, 0.15) is 19.3 Å². The number of benzene rings is 1. The number of rotatable bonds is 6. The SMILES string of the molecule is CN=C(NCCOc1cccc(Cl)c1)NC1CCC(SC)C1.I. The summed E-state index contributed by atoms with van der Waals surface area (Å²) in [5, 5.41) is 8.24. The average molecular weight is 470 g/mol. The minimum atomic E-state index is 0. The summed E-state index contributed by atoms with van der Waals surface area (Å²) in [6.07, 6.45) is 5.90. The number of guanidine groups is 1. The molecule has 0 radical (unpaired) electrons. The maximum Gasteiger partial charge on any atom is 0.191 e. The molecule has 2 atom stereocenters. The van der Waals surface area contributed by atoms with Gasteiger partial charge in [-0.1, -0.05) is 17.7 Å². The molecule has 0 amide bonds. The second-order valence-corrected chi connectivity index (χ2v) is 6.89. The Morgan fingerprint density at radius 3 is 2.91 bits per heavy atom. The van der Waals surface area contributed by atoms with E-state index in [0.717, 1.165) is 17.0 Å². The third-order valence-electron chi connectivity index (χ3n) is 3.74. The van der Waals surface area contributed by atoms with Gasteiger partial charge in [0.25, 0.3) is 0 Å². The number of ether oxygens (including phenoxy) is 1. The molecule has 2 N–H and O–H groups in total. The molecule has 0 bridgehead atoms. The topological polar surface area (TPSA) is 45.7 Å². The van der Waals surface area contributed by atoms with Crippen LogP contribution < -0.4 is 15.4 Å². The van der Waals surface area contributed by atoms with Crippen LogP contribution in [0.15, 0.2) is 29.3 Å². The van der Waals surface area contributed by atoms with Crippen LogP contribution in [0.2, 0.25) is 5.02 Å². The highest BCUT2D eigenvalue weighted by atomic mass is 127. The highest BCUT2D eigenvalue weighted by molar-refractivity contribution is 14.0. The van der Waals surface area contributed by atoms with E-state index in [-0.39, 0.29) is 24.0 Å². The van der Waals surface area contributed by atoms with E-state index >= 15 is 0 Å². The summed E-state index contributed by atoms with van der Waals surface area (Å²) in [6.45, 7) is 1.27. The van der Waals surface area contributed by atoms with Crippen LogP contribution in [0, 0.1) is 0 Å². The Morgan fingerprint density at radius 2 is 2.26 bits per heavy atom. The zero-order chi connectivity index (χ0) is 15.8. The van der Waals surface area contributed by atoms with Gasteiger partial charge in [-0.25, -0.2) is 0 Å². The van der Waals surface area contributed by atoms with E-state index in [1.165, 1.54) is 19.3 Å². The third kappa shape index (κ3) is 7.39. The molecule has 1 aliphatic carbocycles. The first-order chi connectivity index (χ1) is 10.7. The fourth-order valence-corrected chi connectivity index (χ4v) is 3.55. The monoisotopic (exact) mass is 469 g/mol. The van der Waals surface area contributed by atoms with Crippen LogP contribution in [-0.4, -0.2) is 43.7 Å². The first-order valence-electron chi connectivity index (χ1n) is 7.59. The number of halogens is 2. The molecule has 1 aliphatic rings. The zero-order valence-electron chi connectivity index (χ0n) is 13.5. The van der Waals surface area contributed by atoms with Crippen LogP contribution in [0.5, 0.6) is 5.75 Å². The summed E-state index contributed by atoms with van der Waals surface area (Å²) in [7, 11) is 1.80. The van der Waals surface area contributed by atoms with Crippen molar-refractivity contribution in [1.82, 2.24) is 10.6 Å². The number of nitrogens with one attached hydrogen (secondary N) is 2. The summed E-state index contributed by atoms with van der Waals surface area (Å²) in [5.74, 6) is 1.64. The van der Waals surface area contributed by atoms with E-state index < -0.39 is 0 Å². The molecule has 1 saturated carbocycles. The minimum absolute atomic E-state index is 0. The van der Waals surface area contributed by atoms with Gasteiger partial charge in [-0.3, -0.25) is 4.99 Å². The normalized spacial score (nSPS) is 20.7. The van der Waals surface area contributed by atoms with Crippen molar-refractivity contribution in [2.45, 2.75) is 30.6 Å². The number of hydrogen-bond acceptors (Lipinski definition) is 3.